The lowest BCUT2D eigenvalue weighted by Crippen LogP contribution is -2.34. The smallest absolute Gasteiger partial charge is 0.273 e. The van der Waals surface area contributed by atoms with Gasteiger partial charge in [-0.2, -0.15) is 5.26 Å². The SMILES string of the molecule is CCOCCCNC(=O)C(C#N)=c1sc(=Cc2ccccn2)c(=O)n1-c1ccc(Cl)cc1. The van der Waals surface area contributed by atoms with Crippen LogP contribution in [0.15, 0.2) is 53.5 Å². The Hall–Kier alpha value is -3.25. The number of rotatable bonds is 8. The number of pyridine rings is 1. The molecular formula is C23H21ClN4O3S. The third-order valence-electron chi connectivity index (χ3n) is 4.38. The van der Waals surface area contributed by atoms with E-state index in [1.54, 1.807) is 48.7 Å². The molecule has 1 aromatic carbocycles. The van der Waals surface area contributed by atoms with Crippen LogP contribution in [-0.2, 0) is 9.53 Å². The first-order chi connectivity index (χ1) is 15.5. The van der Waals surface area contributed by atoms with E-state index in [0.29, 0.717) is 47.1 Å². The number of hydrogen-bond donors (Lipinski definition) is 1. The van der Waals surface area contributed by atoms with Gasteiger partial charge < -0.3 is 10.1 Å². The highest BCUT2D eigenvalue weighted by molar-refractivity contribution is 7.07. The number of carbonyl (C=O) groups excluding carboxylic acids is 1. The van der Waals surface area contributed by atoms with Crippen molar-refractivity contribution in [1.29, 1.82) is 5.26 Å². The second-order valence-electron chi connectivity index (χ2n) is 6.58. The van der Waals surface area contributed by atoms with Crippen molar-refractivity contribution in [2.75, 3.05) is 19.8 Å². The number of ether oxygens (including phenoxy) is 1. The molecule has 32 heavy (non-hydrogen) atoms. The number of nitriles is 1. The van der Waals surface area contributed by atoms with Crippen molar-refractivity contribution in [1.82, 2.24) is 14.9 Å². The van der Waals surface area contributed by atoms with Crippen LogP contribution in [0.1, 0.15) is 19.0 Å². The van der Waals surface area contributed by atoms with Crippen molar-refractivity contribution in [3.8, 4) is 11.8 Å². The van der Waals surface area contributed by atoms with Crippen LogP contribution in [-0.4, -0.2) is 35.2 Å². The highest BCUT2D eigenvalue weighted by atomic mass is 35.5. The first kappa shape index (κ1) is 23.4. The Bertz CT molecular complexity index is 1290. The average Bonchev–Trinajstić information content (AvgIpc) is 3.11. The van der Waals surface area contributed by atoms with E-state index in [1.807, 2.05) is 19.1 Å². The standard InChI is InChI=1S/C23H21ClN4O3S/c1-2-31-13-5-12-27-21(29)19(15-25)23-28(18-9-7-16(24)8-10-18)22(30)20(32-23)14-17-6-3-4-11-26-17/h3-4,6-11,14H,2,5,12-13H2,1H3,(H,27,29). The molecule has 0 aliphatic carbocycles. The lowest BCUT2D eigenvalue weighted by Gasteiger charge is -2.06. The van der Waals surface area contributed by atoms with E-state index in [0.717, 1.165) is 11.3 Å². The zero-order valence-corrected chi connectivity index (χ0v) is 18.9. The summed E-state index contributed by atoms with van der Waals surface area (Å²) < 4.78 is 7.21. The minimum atomic E-state index is -0.544. The number of amides is 1. The maximum atomic E-state index is 13.3. The third kappa shape index (κ3) is 5.71. The molecule has 0 aliphatic rings. The minimum absolute atomic E-state index is 0.140. The molecule has 0 saturated carbocycles. The van der Waals surface area contributed by atoms with Gasteiger partial charge in [0.1, 0.15) is 10.7 Å². The Labute approximate surface area is 193 Å². The Kier molecular flexibility index (Phi) is 8.34. The van der Waals surface area contributed by atoms with Gasteiger partial charge in [0.2, 0.25) is 0 Å². The highest BCUT2D eigenvalue weighted by Crippen LogP contribution is 2.11. The van der Waals surface area contributed by atoms with Crippen LogP contribution in [0, 0.1) is 11.3 Å². The second kappa shape index (κ2) is 11.4. The first-order valence-electron chi connectivity index (χ1n) is 9.96. The van der Waals surface area contributed by atoms with E-state index >= 15 is 0 Å². The normalized spacial score (nSPS) is 12.3. The maximum absolute atomic E-state index is 13.3. The van der Waals surface area contributed by atoms with Gasteiger partial charge in [0.25, 0.3) is 11.5 Å². The van der Waals surface area contributed by atoms with Crippen molar-refractivity contribution in [2.24, 2.45) is 0 Å². The van der Waals surface area contributed by atoms with Crippen LogP contribution in [0.3, 0.4) is 0 Å². The van der Waals surface area contributed by atoms with Gasteiger partial charge in [0.15, 0.2) is 5.57 Å². The van der Waals surface area contributed by atoms with Gasteiger partial charge in [-0.1, -0.05) is 17.7 Å². The van der Waals surface area contributed by atoms with Gasteiger partial charge in [0.05, 0.1) is 15.9 Å². The second-order valence-corrected chi connectivity index (χ2v) is 8.05. The fourth-order valence-electron chi connectivity index (χ4n) is 2.87. The molecule has 7 nitrogen and oxygen atoms in total. The topological polar surface area (TPSA) is 97.0 Å². The number of aromatic nitrogens is 2. The largest absolute Gasteiger partial charge is 0.382 e. The van der Waals surface area contributed by atoms with Crippen LogP contribution < -0.4 is 20.1 Å². The summed E-state index contributed by atoms with van der Waals surface area (Å²) in [4.78, 5) is 30.3. The molecule has 1 N–H and O–H groups in total. The molecule has 9 heteroatoms. The van der Waals surface area contributed by atoms with Crippen LogP contribution in [0.5, 0.6) is 0 Å². The Morgan fingerprint density at radius 2 is 2.09 bits per heavy atom. The summed E-state index contributed by atoms with van der Waals surface area (Å²) in [7, 11) is 0. The summed E-state index contributed by atoms with van der Waals surface area (Å²) >= 11 is 7.06. The van der Waals surface area contributed by atoms with E-state index in [1.165, 1.54) is 4.57 Å². The molecule has 2 aromatic heterocycles. The average molecular weight is 469 g/mol. The third-order valence-corrected chi connectivity index (χ3v) is 5.73. The molecule has 0 aliphatic heterocycles. The van der Waals surface area contributed by atoms with Crippen molar-refractivity contribution >= 4 is 40.5 Å². The van der Waals surface area contributed by atoms with E-state index in [4.69, 9.17) is 16.3 Å². The van der Waals surface area contributed by atoms with E-state index < -0.39 is 5.91 Å². The molecule has 0 fully saturated rings. The van der Waals surface area contributed by atoms with Crippen molar-refractivity contribution in [3.63, 3.8) is 0 Å². The summed E-state index contributed by atoms with van der Waals surface area (Å²) in [6, 6.07) is 13.9. The minimum Gasteiger partial charge on any atom is -0.382 e. The van der Waals surface area contributed by atoms with Crippen LogP contribution >= 0.6 is 22.9 Å². The quantitative estimate of drug-likeness (QED) is 0.510. The van der Waals surface area contributed by atoms with E-state index in [2.05, 4.69) is 10.3 Å². The summed E-state index contributed by atoms with van der Waals surface area (Å²) in [5, 5.41) is 13.0. The number of hydrogen-bond acceptors (Lipinski definition) is 6. The summed E-state index contributed by atoms with van der Waals surface area (Å²) in [6.45, 7) is 3.36. The Morgan fingerprint density at radius 3 is 2.75 bits per heavy atom. The van der Waals surface area contributed by atoms with E-state index in [9.17, 15) is 14.9 Å². The molecule has 0 unspecified atom stereocenters. The van der Waals surface area contributed by atoms with Crippen molar-refractivity contribution in [2.45, 2.75) is 13.3 Å². The number of halogens is 1. The lowest BCUT2D eigenvalue weighted by atomic mass is 10.2. The molecule has 1 amide bonds. The van der Waals surface area contributed by atoms with Gasteiger partial charge in [-0.05, 0) is 55.8 Å². The molecule has 3 aromatic rings. The summed E-state index contributed by atoms with van der Waals surface area (Å²) in [5.41, 5.74) is 0.608. The number of nitrogens with zero attached hydrogens (tertiary/aromatic N) is 3. The zero-order chi connectivity index (χ0) is 22.9. The number of benzene rings is 1. The van der Waals surface area contributed by atoms with Crippen LogP contribution in [0.2, 0.25) is 5.02 Å². The monoisotopic (exact) mass is 468 g/mol. The molecule has 0 bridgehead atoms. The molecule has 0 spiro atoms. The molecule has 2 heterocycles. The van der Waals surface area contributed by atoms with Crippen LogP contribution in [0.4, 0.5) is 0 Å². The molecular weight excluding hydrogens is 448 g/mol. The van der Waals surface area contributed by atoms with Gasteiger partial charge in [-0.3, -0.25) is 19.1 Å². The van der Waals surface area contributed by atoms with Gasteiger partial charge in [-0.25, -0.2) is 0 Å². The maximum Gasteiger partial charge on any atom is 0.273 e. The Balaban J connectivity index is 2.14. The first-order valence-corrected chi connectivity index (χ1v) is 11.2. The molecule has 3 rings (SSSR count). The predicted octanol–water partition coefficient (Wildman–Crippen LogP) is 1.99. The number of nitrogens with one attached hydrogen (secondary N) is 1. The van der Waals surface area contributed by atoms with Crippen LogP contribution in [0.25, 0.3) is 17.3 Å². The molecule has 0 radical (unpaired) electrons. The van der Waals surface area contributed by atoms with Gasteiger partial charge in [-0.15, -0.1) is 11.3 Å². The van der Waals surface area contributed by atoms with Crippen molar-refractivity contribution < 1.29 is 9.53 Å². The fourth-order valence-corrected chi connectivity index (χ4v) is 4.09. The lowest BCUT2D eigenvalue weighted by molar-refractivity contribution is -0.115. The number of carbonyl (C=O) groups is 1. The summed E-state index contributed by atoms with van der Waals surface area (Å²) in [5.74, 6) is -0.544. The van der Waals surface area contributed by atoms with Gasteiger partial charge in [0, 0.05) is 31.0 Å². The van der Waals surface area contributed by atoms with Gasteiger partial charge >= 0.3 is 0 Å². The molecule has 0 saturated heterocycles. The zero-order valence-electron chi connectivity index (χ0n) is 17.4. The molecule has 0 atom stereocenters. The highest BCUT2D eigenvalue weighted by Gasteiger charge is 2.17. The summed E-state index contributed by atoms with van der Waals surface area (Å²) in [6.07, 6.45) is 3.88. The molecule has 164 valence electrons. The predicted molar refractivity (Wildman–Crippen MR) is 125 cm³/mol. The van der Waals surface area contributed by atoms with E-state index in [-0.39, 0.29) is 15.8 Å². The fraction of sp³-hybridized carbons (Fsp3) is 0.217. The number of thiazole rings is 1. The van der Waals surface area contributed by atoms with Crippen molar-refractivity contribution in [3.05, 3.63) is 78.9 Å². The Morgan fingerprint density at radius 1 is 1.31 bits per heavy atom.